The molecule has 2 aliphatic rings. The molecule has 114 valence electrons. The van der Waals surface area contributed by atoms with Gasteiger partial charge in [-0.25, -0.2) is 0 Å². The van der Waals surface area contributed by atoms with Crippen LogP contribution in [0.25, 0.3) is 0 Å². The first-order valence-corrected chi connectivity index (χ1v) is 7.66. The number of hydrogen-bond donors (Lipinski definition) is 0. The minimum atomic E-state index is 0.0296. The van der Waals surface area contributed by atoms with E-state index in [1.165, 1.54) is 18.5 Å². The summed E-state index contributed by atoms with van der Waals surface area (Å²) in [7, 11) is 0. The molecule has 0 bridgehead atoms. The van der Waals surface area contributed by atoms with Crippen molar-refractivity contribution in [3.05, 3.63) is 24.3 Å². The van der Waals surface area contributed by atoms with Crippen molar-refractivity contribution in [1.82, 2.24) is 4.90 Å². The normalized spacial score (nSPS) is 18.9. The molecule has 1 amide bonds. The van der Waals surface area contributed by atoms with Crippen LogP contribution in [0.3, 0.4) is 0 Å². The Morgan fingerprint density at radius 1 is 1.05 bits per heavy atom. The van der Waals surface area contributed by atoms with Crippen LogP contribution >= 0.6 is 0 Å². The van der Waals surface area contributed by atoms with Gasteiger partial charge in [0.05, 0.1) is 13.2 Å². The standard InChI is InChI=1S/C16H22N2O3/c19-16(18-9-11-20-12-10-18)13-21-15-5-3-14(4-6-15)17-7-1-2-8-17/h3-6H,1-2,7-13H2. The lowest BCUT2D eigenvalue weighted by Gasteiger charge is -2.26. The van der Waals surface area contributed by atoms with Crippen LogP contribution in [0.5, 0.6) is 5.75 Å². The monoisotopic (exact) mass is 290 g/mol. The van der Waals surface area contributed by atoms with E-state index in [1.54, 1.807) is 4.90 Å². The van der Waals surface area contributed by atoms with Gasteiger partial charge in [-0.2, -0.15) is 0 Å². The second-order valence-electron chi connectivity index (χ2n) is 5.47. The molecule has 0 N–H and O–H groups in total. The molecule has 0 atom stereocenters. The molecule has 2 heterocycles. The molecule has 5 heteroatoms. The van der Waals surface area contributed by atoms with Gasteiger partial charge in [-0.15, -0.1) is 0 Å². The van der Waals surface area contributed by atoms with Gasteiger partial charge in [-0.1, -0.05) is 0 Å². The number of benzene rings is 1. The second kappa shape index (κ2) is 6.80. The SMILES string of the molecule is O=C(COc1ccc(N2CCCC2)cc1)N1CCOCC1. The van der Waals surface area contributed by atoms with Crippen LogP contribution in [-0.4, -0.2) is 56.8 Å². The largest absolute Gasteiger partial charge is 0.484 e. The van der Waals surface area contributed by atoms with Crippen LogP contribution in [0.1, 0.15) is 12.8 Å². The molecule has 1 aromatic carbocycles. The van der Waals surface area contributed by atoms with Crippen molar-refractivity contribution in [2.24, 2.45) is 0 Å². The van der Waals surface area contributed by atoms with Gasteiger partial charge >= 0.3 is 0 Å². The highest BCUT2D eigenvalue weighted by molar-refractivity contribution is 5.77. The van der Waals surface area contributed by atoms with Crippen molar-refractivity contribution in [3.8, 4) is 5.75 Å². The highest BCUT2D eigenvalue weighted by Crippen LogP contribution is 2.23. The lowest BCUT2D eigenvalue weighted by atomic mass is 10.3. The molecule has 0 aromatic heterocycles. The summed E-state index contributed by atoms with van der Waals surface area (Å²) < 4.78 is 10.8. The van der Waals surface area contributed by atoms with E-state index in [0.29, 0.717) is 26.3 Å². The third kappa shape index (κ3) is 3.67. The summed E-state index contributed by atoms with van der Waals surface area (Å²) in [6.45, 7) is 4.94. The summed E-state index contributed by atoms with van der Waals surface area (Å²) in [6.07, 6.45) is 2.54. The van der Waals surface area contributed by atoms with Crippen molar-refractivity contribution in [3.63, 3.8) is 0 Å². The Balaban J connectivity index is 1.49. The van der Waals surface area contributed by atoms with Crippen LogP contribution in [0.15, 0.2) is 24.3 Å². The smallest absolute Gasteiger partial charge is 0.260 e. The lowest BCUT2D eigenvalue weighted by molar-refractivity contribution is -0.137. The predicted molar refractivity (Wildman–Crippen MR) is 80.8 cm³/mol. The first-order chi connectivity index (χ1) is 10.3. The minimum absolute atomic E-state index is 0.0296. The van der Waals surface area contributed by atoms with E-state index >= 15 is 0 Å². The topological polar surface area (TPSA) is 42.0 Å². The fourth-order valence-corrected chi connectivity index (χ4v) is 2.78. The number of anilines is 1. The van der Waals surface area contributed by atoms with E-state index in [2.05, 4.69) is 17.0 Å². The Bertz CT molecular complexity index is 463. The molecule has 2 fully saturated rings. The van der Waals surface area contributed by atoms with Crippen LogP contribution < -0.4 is 9.64 Å². The summed E-state index contributed by atoms with van der Waals surface area (Å²) in [4.78, 5) is 16.2. The Labute approximate surface area is 125 Å². The zero-order valence-electron chi connectivity index (χ0n) is 12.3. The molecule has 21 heavy (non-hydrogen) atoms. The minimum Gasteiger partial charge on any atom is -0.484 e. The van der Waals surface area contributed by atoms with Crippen LogP contribution in [0, 0.1) is 0 Å². The highest BCUT2D eigenvalue weighted by Gasteiger charge is 2.17. The first kappa shape index (κ1) is 14.2. The molecule has 0 unspecified atom stereocenters. The van der Waals surface area contributed by atoms with Crippen molar-refractivity contribution in [2.45, 2.75) is 12.8 Å². The van der Waals surface area contributed by atoms with Crippen LogP contribution in [-0.2, 0) is 9.53 Å². The molecule has 0 spiro atoms. The number of hydrogen-bond acceptors (Lipinski definition) is 4. The Morgan fingerprint density at radius 2 is 1.71 bits per heavy atom. The molecule has 0 radical (unpaired) electrons. The quantitative estimate of drug-likeness (QED) is 0.843. The van der Waals surface area contributed by atoms with Gasteiger partial charge in [0.2, 0.25) is 0 Å². The number of ether oxygens (including phenoxy) is 2. The molecule has 3 rings (SSSR count). The number of carbonyl (C=O) groups is 1. The van der Waals surface area contributed by atoms with E-state index in [-0.39, 0.29) is 12.5 Å². The van der Waals surface area contributed by atoms with Crippen LogP contribution in [0.4, 0.5) is 5.69 Å². The van der Waals surface area contributed by atoms with Crippen molar-refractivity contribution >= 4 is 11.6 Å². The maximum atomic E-state index is 12.0. The molecule has 0 aliphatic carbocycles. The van der Waals surface area contributed by atoms with Crippen LogP contribution in [0.2, 0.25) is 0 Å². The van der Waals surface area contributed by atoms with E-state index in [9.17, 15) is 4.79 Å². The summed E-state index contributed by atoms with van der Waals surface area (Å²) in [6, 6.07) is 8.03. The Kier molecular flexibility index (Phi) is 4.60. The van der Waals surface area contributed by atoms with Crippen molar-refractivity contribution in [2.75, 3.05) is 50.9 Å². The van der Waals surface area contributed by atoms with Crippen molar-refractivity contribution < 1.29 is 14.3 Å². The maximum absolute atomic E-state index is 12.0. The molecule has 1 aromatic rings. The fourth-order valence-electron chi connectivity index (χ4n) is 2.78. The zero-order valence-corrected chi connectivity index (χ0v) is 12.3. The number of rotatable bonds is 4. The van der Waals surface area contributed by atoms with Gasteiger partial charge in [0.15, 0.2) is 6.61 Å². The number of amides is 1. The summed E-state index contributed by atoms with van der Waals surface area (Å²) in [5, 5.41) is 0. The van der Waals surface area contributed by atoms with Gasteiger partial charge in [0.25, 0.3) is 5.91 Å². The highest BCUT2D eigenvalue weighted by atomic mass is 16.5. The first-order valence-electron chi connectivity index (χ1n) is 7.66. The average Bonchev–Trinajstić information content (AvgIpc) is 3.08. The van der Waals surface area contributed by atoms with E-state index in [4.69, 9.17) is 9.47 Å². The van der Waals surface area contributed by atoms with E-state index < -0.39 is 0 Å². The predicted octanol–water partition coefficient (Wildman–Crippen LogP) is 1.52. The van der Waals surface area contributed by atoms with Gasteiger partial charge in [-0.3, -0.25) is 4.79 Å². The average molecular weight is 290 g/mol. The zero-order chi connectivity index (χ0) is 14.5. The molecule has 2 saturated heterocycles. The van der Waals surface area contributed by atoms with E-state index in [1.807, 2.05) is 12.1 Å². The van der Waals surface area contributed by atoms with Gasteiger partial charge in [-0.05, 0) is 37.1 Å². The fraction of sp³-hybridized carbons (Fsp3) is 0.562. The lowest BCUT2D eigenvalue weighted by Crippen LogP contribution is -2.42. The van der Waals surface area contributed by atoms with Crippen molar-refractivity contribution in [1.29, 1.82) is 0 Å². The van der Waals surface area contributed by atoms with Gasteiger partial charge in [0, 0.05) is 31.9 Å². The summed E-state index contributed by atoms with van der Waals surface area (Å²) >= 11 is 0. The molecular weight excluding hydrogens is 268 g/mol. The molecule has 0 saturated carbocycles. The maximum Gasteiger partial charge on any atom is 0.260 e. The Hall–Kier alpha value is -1.75. The number of nitrogens with zero attached hydrogens (tertiary/aromatic N) is 2. The summed E-state index contributed by atoms with van der Waals surface area (Å²) in [5.41, 5.74) is 1.24. The van der Waals surface area contributed by atoms with Gasteiger partial charge < -0.3 is 19.3 Å². The third-order valence-corrected chi connectivity index (χ3v) is 4.03. The number of carbonyl (C=O) groups excluding carboxylic acids is 1. The molecule has 5 nitrogen and oxygen atoms in total. The third-order valence-electron chi connectivity index (χ3n) is 4.03. The number of morpholine rings is 1. The Morgan fingerprint density at radius 3 is 2.38 bits per heavy atom. The second-order valence-corrected chi connectivity index (χ2v) is 5.47. The molecule has 2 aliphatic heterocycles. The van der Waals surface area contributed by atoms with Gasteiger partial charge in [0.1, 0.15) is 5.75 Å². The van der Waals surface area contributed by atoms with E-state index in [0.717, 1.165) is 18.8 Å². The summed E-state index contributed by atoms with van der Waals surface area (Å²) in [5.74, 6) is 0.779. The molecular formula is C16H22N2O3.